The second-order valence-corrected chi connectivity index (χ2v) is 7.36. The lowest BCUT2D eigenvalue weighted by atomic mass is 10.0. The number of benzene rings is 1. The van der Waals surface area contributed by atoms with E-state index in [0.717, 1.165) is 24.9 Å². The number of H-pyrrole nitrogens is 1. The monoisotopic (exact) mass is 387 g/mol. The molecule has 0 radical (unpaired) electrons. The van der Waals surface area contributed by atoms with Crippen LogP contribution in [0.1, 0.15) is 23.2 Å². The zero-order chi connectivity index (χ0) is 18.8. The van der Waals surface area contributed by atoms with E-state index in [1.807, 2.05) is 28.0 Å². The Morgan fingerprint density at radius 3 is 2.93 bits per heavy atom. The van der Waals surface area contributed by atoms with Gasteiger partial charge in [-0.15, -0.1) is 0 Å². The molecule has 2 aliphatic heterocycles. The third-order valence-electron chi connectivity index (χ3n) is 5.26. The van der Waals surface area contributed by atoms with Gasteiger partial charge in [-0.2, -0.15) is 5.10 Å². The minimum Gasteiger partial charge on any atom is -0.336 e. The van der Waals surface area contributed by atoms with Crippen molar-refractivity contribution in [1.82, 2.24) is 25.3 Å². The quantitative estimate of drug-likeness (QED) is 0.841. The number of rotatable bonds is 3. The van der Waals surface area contributed by atoms with E-state index >= 15 is 0 Å². The van der Waals surface area contributed by atoms with Crippen molar-refractivity contribution in [1.29, 1.82) is 0 Å². The first-order valence-corrected chi connectivity index (χ1v) is 9.60. The number of piperazine rings is 1. The molecule has 1 atom stereocenters. The second kappa shape index (κ2) is 7.70. The summed E-state index contributed by atoms with van der Waals surface area (Å²) in [6.45, 7) is 3.11. The van der Waals surface area contributed by atoms with Crippen LogP contribution in [0.25, 0.3) is 11.3 Å². The zero-order valence-corrected chi connectivity index (χ0v) is 15.7. The van der Waals surface area contributed by atoms with Crippen molar-refractivity contribution in [2.75, 3.05) is 32.7 Å². The number of piperidine rings is 1. The van der Waals surface area contributed by atoms with Crippen LogP contribution in [0.5, 0.6) is 0 Å². The Morgan fingerprint density at radius 1 is 1.26 bits per heavy atom. The van der Waals surface area contributed by atoms with Crippen LogP contribution in [0.2, 0.25) is 5.02 Å². The van der Waals surface area contributed by atoms with Gasteiger partial charge in [-0.25, -0.2) is 0 Å². The molecule has 4 rings (SSSR count). The summed E-state index contributed by atoms with van der Waals surface area (Å²) in [5.74, 6) is 0.0339. The van der Waals surface area contributed by atoms with Gasteiger partial charge in [-0.1, -0.05) is 29.8 Å². The van der Waals surface area contributed by atoms with E-state index < -0.39 is 0 Å². The van der Waals surface area contributed by atoms with Crippen LogP contribution in [0, 0.1) is 0 Å². The molecule has 2 fully saturated rings. The maximum atomic E-state index is 13.2. The minimum atomic E-state index is -0.0778. The summed E-state index contributed by atoms with van der Waals surface area (Å²) in [5, 5.41) is 10.6. The molecule has 2 saturated heterocycles. The molecule has 0 spiro atoms. The molecular formula is C19H22ClN5O2. The van der Waals surface area contributed by atoms with Gasteiger partial charge in [0.25, 0.3) is 5.91 Å². The first kappa shape index (κ1) is 18.0. The van der Waals surface area contributed by atoms with Crippen LogP contribution in [0.3, 0.4) is 0 Å². The molecule has 7 nitrogen and oxygen atoms in total. The fourth-order valence-electron chi connectivity index (χ4n) is 3.89. The van der Waals surface area contributed by atoms with Crippen LogP contribution in [-0.2, 0) is 4.79 Å². The lowest BCUT2D eigenvalue weighted by Gasteiger charge is -2.41. The Balaban J connectivity index is 1.54. The van der Waals surface area contributed by atoms with Crippen LogP contribution in [0.4, 0.5) is 0 Å². The zero-order valence-electron chi connectivity index (χ0n) is 14.9. The molecule has 2 amide bonds. The average Bonchev–Trinajstić information content (AvgIpc) is 3.18. The summed E-state index contributed by atoms with van der Waals surface area (Å²) in [6, 6.07) is 7.46. The predicted octanol–water partition coefficient (Wildman–Crippen LogP) is 1.77. The Labute approximate surface area is 162 Å². The SMILES string of the molecule is O=C(c1cn[nH]c1-c1ccccc1Cl)N1CCCC(N2CCNCC2=O)C1. The Bertz CT molecular complexity index is 852. The summed E-state index contributed by atoms with van der Waals surface area (Å²) in [6.07, 6.45) is 3.37. The van der Waals surface area contributed by atoms with Crippen molar-refractivity contribution < 1.29 is 9.59 Å². The number of nitrogens with zero attached hydrogens (tertiary/aromatic N) is 3. The maximum absolute atomic E-state index is 13.2. The van der Waals surface area contributed by atoms with Crippen molar-refractivity contribution in [2.45, 2.75) is 18.9 Å². The fourth-order valence-corrected chi connectivity index (χ4v) is 4.12. The van der Waals surface area contributed by atoms with E-state index in [0.29, 0.717) is 42.5 Å². The summed E-state index contributed by atoms with van der Waals surface area (Å²) >= 11 is 6.30. The van der Waals surface area contributed by atoms with Crippen molar-refractivity contribution in [3.8, 4) is 11.3 Å². The summed E-state index contributed by atoms with van der Waals surface area (Å²) < 4.78 is 0. The topological polar surface area (TPSA) is 81.3 Å². The lowest BCUT2D eigenvalue weighted by molar-refractivity contribution is -0.135. The fraction of sp³-hybridized carbons (Fsp3) is 0.421. The lowest BCUT2D eigenvalue weighted by Crippen LogP contribution is -2.57. The first-order chi connectivity index (χ1) is 13.1. The third-order valence-corrected chi connectivity index (χ3v) is 5.59. The number of halogens is 1. The molecule has 1 aromatic heterocycles. The number of carbonyl (C=O) groups excluding carboxylic acids is 2. The number of hydrogen-bond donors (Lipinski definition) is 2. The van der Waals surface area contributed by atoms with Gasteiger partial charge in [-0.3, -0.25) is 14.7 Å². The standard InChI is InChI=1S/C19H22ClN5O2/c20-16-6-2-1-5-14(16)18-15(10-22-23-18)19(27)24-8-3-4-13(12-24)25-9-7-21-11-17(25)26/h1-2,5-6,10,13,21H,3-4,7-9,11-12H2,(H,22,23). The highest BCUT2D eigenvalue weighted by Gasteiger charge is 2.33. The number of hydrogen-bond acceptors (Lipinski definition) is 4. The molecule has 0 bridgehead atoms. The Morgan fingerprint density at radius 2 is 2.11 bits per heavy atom. The molecule has 1 unspecified atom stereocenters. The molecular weight excluding hydrogens is 366 g/mol. The van der Waals surface area contributed by atoms with Crippen LogP contribution in [-0.4, -0.2) is 70.6 Å². The Hall–Kier alpha value is -2.38. The Kier molecular flexibility index (Phi) is 5.13. The molecule has 2 aromatic rings. The summed E-state index contributed by atoms with van der Waals surface area (Å²) in [7, 11) is 0. The van der Waals surface area contributed by atoms with E-state index in [2.05, 4.69) is 15.5 Å². The molecule has 2 aliphatic rings. The van der Waals surface area contributed by atoms with Crippen molar-refractivity contribution >= 4 is 23.4 Å². The number of likely N-dealkylation sites (tertiary alicyclic amines) is 1. The predicted molar refractivity (Wildman–Crippen MR) is 103 cm³/mol. The average molecular weight is 388 g/mol. The largest absolute Gasteiger partial charge is 0.336 e. The number of aromatic amines is 1. The summed E-state index contributed by atoms with van der Waals surface area (Å²) in [4.78, 5) is 29.1. The van der Waals surface area contributed by atoms with Gasteiger partial charge in [0, 0.05) is 42.8 Å². The highest BCUT2D eigenvalue weighted by atomic mass is 35.5. The van der Waals surface area contributed by atoms with E-state index in [1.54, 1.807) is 12.3 Å². The van der Waals surface area contributed by atoms with E-state index in [1.165, 1.54) is 0 Å². The van der Waals surface area contributed by atoms with Crippen molar-refractivity contribution in [3.05, 3.63) is 41.0 Å². The number of aromatic nitrogens is 2. The number of nitrogens with one attached hydrogen (secondary N) is 2. The van der Waals surface area contributed by atoms with Crippen molar-refractivity contribution in [3.63, 3.8) is 0 Å². The number of amides is 2. The van der Waals surface area contributed by atoms with E-state index in [4.69, 9.17) is 11.6 Å². The molecule has 142 valence electrons. The molecule has 3 heterocycles. The molecule has 8 heteroatoms. The minimum absolute atomic E-state index is 0.0768. The van der Waals surface area contributed by atoms with E-state index in [-0.39, 0.29) is 17.9 Å². The second-order valence-electron chi connectivity index (χ2n) is 6.95. The molecule has 2 N–H and O–H groups in total. The van der Waals surface area contributed by atoms with Gasteiger partial charge in [-0.05, 0) is 18.9 Å². The van der Waals surface area contributed by atoms with Gasteiger partial charge in [0.05, 0.1) is 24.0 Å². The molecule has 0 aliphatic carbocycles. The van der Waals surface area contributed by atoms with Gasteiger partial charge in [0.1, 0.15) is 0 Å². The first-order valence-electron chi connectivity index (χ1n) is 9.23. The summed E-state index contributed by atoms with van der Waals surface area (Å²) in [5.41, 5.74) is 1.90. The van der Waals surface area contributed by atoms with Gasteiger partial charge in [0.2, 0.25) is 5.91 Å². The van der Waals surface area contributed by atoms with E-state index in [9.17, 15) is 9.59 Å². The van der Waals surface area contributed by atoms with Crippen LogP contribution >= 0.6 is 11.6 Å². The highest BCUT2D eigenvalue weighted by molar-refractivity contribution is 6.33. The van der Waals surface area contributed by atoms with Crippen LogP contribution in [0.15, 0.2) is 30.5 Å². The van der Waals surface area contributed by atoms with Gasteiger partial charge >= 0.3 is 0 Å². The van der Waals surface area contributed by atoms with Gasteiger partial charge < -0.3 is 15.1 Å². The normalized spacial score (nSPS) is 20.8. The maximum Gasteiger partial charge on any atom is 0.257 e. The van der Waals surface area contributed by atoms with Crippen molar-refractivity contribution in [2.24, 2.45) is 0 Å². The van der Waals surface area contributed by atoms with Crippen LogP contribution < -0.4 is 5.32 Å². The highest BCUT2D eigenvalue weighted by Crippen LogP contribution is 2.30. The molecule has 27 heavy (non-hydrogen) atoms. The third kappa shape index (κ3) is 3.57. The smallest absolute Gasteiger partial charge is 0.257 e. The molecule has 0 saturated carbocycles. The number of carbonyl (C=O) groups is 2. The molecule has 1 aromatic carbocycles. The van der Waals surface area contributed by atoms with Gasteiger partial charge in [0.15, 0.2) is 0 Å².